The van der Waals surface area contributed by atoms with Gasteiger partial charge in [0.05, 0.1) is 4.83 Å². The summed E-state index contributed by atoms with van der Waals surface area (Å²) in [7, 11) is 0. The van der Waals surface area contributed by atoms with E-state index in [0.29, 0.717) is 0 Å². The summed E-state index contributed by atoms with van der Waals surface area (Å²) in [6.45, 7) is 3.70. The fraction of sp³-hybridized carbons (Fsp3) is 0.533. The molecule has 1 aromatic heterocycles. The molecule has 142 valence electrons. The van der Waals surface area contributed by atoms with Crippen molar-refractivity contribution in [3.63, 3.8) is 0 Å². The monoisotopic (exact) mass is 431 g/mol. The molecule has 1 fully saturated rings. The van der Waals surface area contributed by atoms with Gasteiger partial charge in [0.15, 0.2) is 12.3 Å². The number of alkyl halides is 1. The van der Waals surface area contributed by atoms with Gasteiger partial charge in [-0.3, -0.25) is 19.0 Å². The molecule has 1 aliphatic rings. The Morgan fingerprint density at radius 2 is 2.00 bits per heavy atom. The summed E-state index contributed by atoms with van der Waals surface area (Å²) >= 11 is 3.37. The number of carbonyl (C=O) groups excluding carboxylic acids is 3. The molecule has 1 N–H and O–H groups in total. The van der Waals surface area contributed by atoms with Crippen molar-refractivity contribution in [2.24, 2.45) is 0 Å². The number of hydrogen-bond acceptors (Lipinski definition) is 8. The van der Waals surface area contributed by atoms with Crippen LogP contribution in [0.15, 0.2) is 17.1 Å². The van der Waals surface area contributed by atoms with Crippen molar-refractivity contribution in [2.45, 2.75) is 44.0 Å². The maximum Gasteiger partial charge on any atom is 0.351 e. The van der Waals surface area contributed by atoms with E-state index in [-0.39, 0.29) is 18.3 Å². The lowest BCUT2D eigenvalue weighted by molar-refractivity contribution is -0.153. The second-order valence-corrected chi connectivity index (χ2v) is 6.63. The van der Waals surface area contributed by atoms with Crippen LogP contribution in [0.25, 0.3) is 0 Å². The molecule has 0 radical (unpaired) electrons. The largest absolute Gasteiger partial charge is 0.463 e. The maximum atomic E-state index is 12.3. The molecule has 2 rings (SSSR count). The quantitative estimate of drug-likeness (QED) is 0.522. The van der Waals surface area contributed by atoms with Crippen molar-refractivity contribution in [2.75, 3.05) is 11.9 Å². The number of halogens is 1. The first-order chi connectivity index (χ1) is 12.2. The molecule has 0 aliphatic carbocycles. The van der Waals surface area contributed by atoms with Gasteiger partial charge in [-0.2, -0.15) is 4.98 Å². The van der Waals surface area contributed by atoms with Gasteiger partial charge in [0.1, 0.15) is 18.5 Å². The van der Waals surface area contributed by atoms with Gasteiger partial charge in [0.25, 0.3) is 0 Å². The van der Waals surface area contributed by atoms with E-state index >= 15 is 0 Å². The zero-order valence-electron chi connectivity index (χ0n) is 14.3. The summed E-state index contributed by atoms with van der Waals surface area (Å²) in [5.74, 6) is -1.32. The van der Waals surface area contributed by atoms with E-state index in [2.05, 4.69) is 26.2 Å². The van der Waals surface area contributed by atoms with Gasteiger partial charge in [0.2, 0.25) is 5.91 Å². The Bertz CT molecular complexity index is 766. The fourth-order valence-corrected chi connectivity index (χ4v) is 3.07. The minimum Gasteiger partial charge on any atom is -0.463 e. The summed E-state index contributed by atoms with van der Waals surface area (Å²) in [6.07, 6.45) is -1.10. The molecular formula is C15H18BrN3O7. The minimum atomic E-state index is -0.977. The second-order valence-electron chi connectivity index (χ2n) is 5.57. The number of rotatable bonds is 5. The first-order valence-electron chi connectivity index (χ1n) is 7.66. The number of amides is 1. The molecule has 0 saturated carbocycles. The lowest BCUT2D eigenvalue weighted by Gasteiger charge is -2.21. The normalized spacial score (nSPS) is 24.8. The summed E-state index contributed by atoms with van der Waals surface area (Å²) in [4.78, 5) is 49.0. The zero-order valence-corrected chi connectivity index (χ0v) is 15.9. The third-order valence-electron chi connectivity index (χ3n) is 3.43. The van der Waals surface area contributed by atoms with Gasteiger partial charge in [-0.15, -0.1) is 0 Å². The minimum absolute atomic E-state index is 0.0777. The summed E-state index contributed by atoms with van der Waals surface area (Å²) in [6, 6.07) is 1.42. The molecule has 1 saturated heterocycles. The highest BCUT2D eigenvalue weighted by atomic mass is 79.9. The standard InChI is InChI=1S/C15H18BrN3O7/c1-7(20)17-11-4-5-19(15(23)18-11)14-13(25-9(3)22)12(16)10(26-14)6-24-8(2)21/h4-5,10,12-14H,6H2,1-3H3,(H,17,18,20,23). The van der Waals surface area contributed by atoms with Gasteiger partial charge < -0.3 is 19.5 Å². The molecule has 1 aliphatic heterocycles. The number of carbonyl (C=O) groups is 3. The third kappa shape index (κ3) is 4.88. The number of nitrogens with zero attached hydrogens (tertiary/aromatic N) is 2. The topological polar surface area (TPSA) is 126 Å². The molecule has 4 atom stereocenters. The number of hydrogen-bond donors (Lipinski definition) is 1. The van der Waals surface area contributed by atoms with Crippen LogP contribution >= 0.6 is 15.9 Å². The van der Waals surface area contributed by atoms with Crippen molar-refractivity contribution in [1.29, 1.82) is 0 Å². The van der Waals surface area contributed by atoms with Crippen molar-refractivity contribution < 1.29 is 28.6 Å². The van der Waals surface area contributed by atoms with E-state index in [0.717, 1.165) is 4.57 Å². The summed E-state index contributed by atoms with van der Waals surface area (Å²) < 4.78 is 17.1. The molecule has 0 bridgehead atoms. The molecule has 4 unspecified atom stereocenters. The van der Waals surface area contributed by atoms with Gasteiger partial charge >= 0.3 is 17.6 Å². The van der Waals surface area contributed by atoms with Crippen LogP contribution in [0, 0.1) is 0 Å². The Kier molecular flexibility index (Phi) is 6.48. The van der Waals surface area contributed by atoms with Crippen LogP contribution in [0.2, 0.25) is 0 Å². The SMILES string of the molecule is CC(=O)Nc1ccn(C2OC(COC(C)=O)C(Br)C2OC(C)=O)c(=O)n1. The molecule has 0 aromatic carbocycles. The first-order valence-corrected chi connectivity index (χ1v) is 8.57. The molecule has 10 nitrogen and oxygen atoms in total. The van der Waals surface area contributed by atoms with Gasteiger partial charge in [0, 0.05) is 27.0 Å². The van der Waals surface area contributed by atoms with Crippen LogP contribution in [0.1, 0.15) is 27.0 Å². The first kappa shape index (κ1) is 20.0. The Labute approximate surface area is 156 Å². The van der Waals surface area contributed by atoms with Crippen LogP contribution in [0.4, 0.5) is 5.82 Å². The van der Waals surface area contributed by atoms with E-state index < -0.39 is 40.9 Å². The lowest BCUT2D eigenvalue weighted by Crippen LogP contribution is -2.36. The van der Waals surface area contributed by atoms with E-state index in [1.165, 1.54) is 33.0 Å². The van der Waals surface area contributed by atoms with Crippen LogP contribution in [-0.4, -0.2) is 51.0 Å². The van der Waals surface area contributed by atoms with E-state index in [9.17, 15) is 19.2 Å². The third-order valence-corrected chi connectivity index (χ3v) is 4.54. The highest BCUT2D eigenvalue weighted by Crippen LogP contribution is 2.35. The molecule has 11 heteroatoms. The van der Waals surface area contributed by atoms with Crippen molar-refractivity contribution in [1.82, 2.24) is 9.55 Å². The van der Waals surface area contributed by atoms with E-state index in [1.54, 1.807) is 0 Å². The summed E-state index contributed by atoms with van der Waals surface area (Å²) in [5.41, 5.74) is -0.703. The highest BCUT2D eigenvalue weighted by Gasteiger charge is 2.47. The van der Waals surface area contributed by atoms with Crippen molar-refractivity contribution in [3.8, 4) is 0 Å². The van der Waals surface area contributed by atoms with Gasteiger partial charge in [-0.25, -0.2) is 4.79 Å². The smallest absolute Gasteiger partial charge is 0.351 e. The predicted octanol–water partition coefficient (Wildman–Crippen LogP) is 0.357. The lowest BCUT2D eigenvalue weighted by atomic mass is 10.2. The average Bonchev–Trinajstić information content (AvgIpc) is 2.81. The fourth-order valence-electron chi connectivity index (χ4n) is 2.43. The number of ether oxygens (including phenoxy) is 3. The van der Waals surface area contributed by atoms with Crippen LogP contribution in [0.3, 0.4) is 0 Å². The molecule has 0 spiro atoms. The highest BCUT2D eigenvalue weighted by molar-refractivity contribution is 9.09. The van der Waals surface area contributed by atoms with Crippen LogP contribution < -0.4 is 11.0 Å². The molecular weight excluding hydrogens is 414 g/mol. The molecule has 2 heterocycles. The second kappa shape index (κ2) is 8.41. The Hall–Kier alpha value is -2.27. The summed E-state index contributed by atoms with van der Waals surface area (Å²) in [5, 5.41) is 2.40. The number of nitrogens with one attached hydrogen (secondary N) is 1. The van der Waals surface area contributed by atoms with Crippen LogP contribution in [0.5, 0.6) is 0 Å². The van der Waals surface area contributed by atoms with Gasteiger partial charge in [-0.05, 0) is 6.07 Å². The average molecular weight is 432 g/mol. The maximum absolute atomic E-state index is 12.3. The van der Waals surface area contributed by atoms with Crippen molar-refractivity contribution >= 4 is 39.6 Å². The van der Waals surface area contributed by atoms with Crippen molar-refractivity contribution in [3.05, 3.63) is 22.7 Å². The molecule has 26 heavy (non-hydrogen) atoms. The Morgan fingerprint density at radius 3 is 2.54 bits per heavy atom. The Balaban J connectivity index is 2.29. The molecule has 1 amide bonds. The molecule has 1 aromatic rings. The van der Waals surface area contributed by atoms with Crippen LogP contribution in [-0.2, 0) is 28.6 Å². The Morgan fingerprint density at radius 1 is 1.31 bits per heavy atom. The number of esters is 2. The zero-order chi connectivity index (χ0) is 19.4. The van der Waals surface area contributed by atoms with E-state index in [4.69, 9.17) is 14.2 Å². The van der Waals surface area contributed by atoms with Gasteiger partial charge in [-0.1, -0.05) is 15.9 Å². The predicted molar refractivity (Wildman–Crippen MR) is 91.6 cm³/mol. The van der Waals surface area contributed by atoms with E-state index in [1.807, 2.05) is 0 Å². The number of aromatic nitrogens is 2. The number of anilines is 1.